The number of rotatable bonds is 3. The second-order valence-corrected chi connectivity index (χ2v) is 2.88. The Kier molecular flexibility index (Phi) is 3.72. The maximum Gasteiger partial charge on any atom is 0.342 e. The van der Waals surface area contributed by atoms with Gasteiger partial charge in [-0.25, -0.2) is 9.18 Å². The van der Waals surface area contributed by atoms with Crippen LogP contribution in [-0.4, -0.2) is 18.9 Å². The van der Waals surface area contributed by atoms with Gasteiger partial charge >= 0.3 is 5.97 Å². The van der Waals surface area contributed by atoms with E-state index < -0.39 is 17.3 Å². The Morgan fingerprint density at radius 1 is 1.62 bits per heavy atom. The van der Waals surface area contributed by atoms with Crippen molar-refractivity contribution in [1.29, 1.82) is 5.26 Å². The summed E-state index contributed by atoms with van der Waals surface area (Å²) in [5.74, 6) is -1.84. The molecule has 0 saturated heterocycles. The number of ether oxygens (including phenoxy) is 1. The summed E-state index contributed by atoms with van der Waals surface area (Å²) in [5.41, 5.74) is -0.641. The Morgan fingerprint density at radius 2 is 2.31 bits per heavy atom. The van der Waals surface area contributed by atoms with Crippen molar-refractivity contribution in [3.05, 3.63) is 34.6 Å². The van der Waals surface area contributed by atoms with E-state index in [-0.39, 0.29) is 17.7 Å². The van der Waals surface area contributed by atoms with E-state index in [2.05, 4.69) is 4.74 Å². The predicted molar refractivity (Wildman–Crippen MR) is 52.5 cm³/mol. The molecule has 0 aromatic heterocycles. The zero-order chi connectivity index (χ0) is 12.1. The van der Waals surface area contributed by atoms with Gasteiger partial charge in [0.2, 0.25) is 0 Å². The molecule has 0 spiro atoms. The largest absolute Gasteiger partial charge is 0.462 e. The lowest BCUT2D eigenvalue weighted by atomic mass is 10.0. The van der Waals surface area contributed by atoms with E-state index in [1.54, 1.807) is 13.0 Å². The molecule has 5 heteroatoms. The molecule has 0 saturated carbocycles. The number of hydrogen-bond acceptors (Lipinski definition) is 4. The molecule has 0 unspecified atom stereocenters. The molecule has 82 valence electrons. The van der Waals surface area contributed by atoms with Gasteiger partial charge in [0.25, 0.3) is 0 Å². The molecule has 16 heavy (non-hydrogen) atoms. The van der Waals surface area contributed by atoms with E-state index in [4.69, 9.17) is 5.26 Å². The van der Waals surface area contributed by atoms with Crippen molar-refractivity contribution in [2.45, 2.75) is 6.92 Å². The van der Waals surface area contributed by atoms with E-state index in [0.29, 0.717) is 6.29 Å². The van der Waals surface area contributed by atoms with Crippen LogP contribution in [0.5, 0.6) is 0 Å². The van der Waals surface area contributed by atoms with Crippen LogP contribution in [0.1, 0.15) is 33.2 Å². The third-order valence-corrected chi connectivity index (χ3v) is 1.85. The fraction of sp³-hybridized carbons (Fsp3) is 0.182. The summed E-state index contributed by atoms with van der Waals surface area (Å²) in [4.78, 5) is 21.8. The van der Waals surface area contributed by atoms with E-state index >= 15 is 0 Å². The quantitative estimate of drug-likeness (QED) is 0.575. The molecule has 1 aromatic rings. The zero-order valence-electron chi connectivity index (χ0n) is 8.49. The fourth-order valence-corrected chi connectivity index (χ4v) is 1.19. The van der Waals surface area contributed by atoms with Crippen LogP contribution in [0.2, 0.25) is 0 Å². The van der Waals surface area contributed by atoms with Crippen LogP contribution < -0.4 is 0 Å². The lowest BCUT2D eigenvalue weighted by Crippen LogP contribution is -2.10. The summed E-state index contributed by atoms with van der Waals surface area (Å²) < 4.78 is 18.1. The van der Waals surface area contributed by atoms with Gasteiger partial charge in [-0.05, 0) is 19.1 Å². The lowest BCUT2D eigenvalue weighted by molar-refractivity contribution is 0.0520. The molecular formula is C11H8FNO3. The predicted octanol–water partition coefficient (Wildman–Crippen LogP) is 1.69. The highest BCUT2D eigenvalue weighted by atomic mass is 19.1. The second kappa shape index (κ2) is 5.03. The summed E-state index contributed by atoms with van der Waals surface area (Å²) in [6.45, 7) is 1.65. The van der Waals surface area contributed by atoms with Crippen LogP contribution in [0, 0.1) is 17.1 Å². The van der Waals surface area contributed by atoms with Gasteiger partial charge in [0.05, 0.1) is 12.2 Å². The molecule has 0 aliphatic carbocycles. The minimum absolute atomic E-state index is 0.00194. The molecule has 1 rings (SSSR count). The van der Waals surface area contributed by atoms with E-state index in [1.165, 1.54) is 0 Å². The Bertz CT molecular complexity index is 477. The Morgan fingerprint density at radius 3 is 2.81 bits per heavy atom. The van der Waals surface area contributed by atoms with Crippen LogP contribution >= 0.6 is 0 Å². The van der Waals surface area contributed by atoms with Crippen LogP contribution in [0.4, 0.5) is 4.39 Å². The molecule has 0 N–H and O–H groups in total. The first-order valence-electron chi connectivity index (χ1n) is 4.50. The summed E-state index contributed by atoms with van der Waals surface area (Å²) in [7, 11) is 0. The van der Waals surface area contributed by atoms with Gasteiger partial charge < -0.3 is 4.74 Å². The highest BCUT2D eigenvalue weighted by molar-refractivity contribution is 5.93. The monoisotopic (exact) mass is 221 g/mol. The van der Waals surface area contributed by atoms with Crippen molar-refractivity contribution >= 4 is 12.3 Å². The standard InChI is InChI=1S/C11H8FNO3/c1-2-16-11(15)10-8(5-13)3-7(6-14)4-9(10)12/h3-4,6H,2H2,1H3. The van der Waals surface area contributed by atoms with Gasteiger partial charge in [-0.1, -0.05) is 0 Å². The van der Waals surface area contributed by atoms with Crippen LogP contribution in [0.15, 0.2) is 12.1 Å². The molecule has 4 nitrogen and oxygen atoms in total. The van der Waals surface area contributed by atoms with Crippen LogP contribution in [0.25, 0.3) is 0 Å². The molecule has 0 aliphatic rings. The van der Waals surface area contributed by atoms with Gasteiger partial charge in [-0.3, -0.25) is 4.79 Å². The van der Waals surface area contributed by atoms with Crippen molar-refractivity contribution in [1.82, 2.24) is 0 Å². The number of esters is 1. The minimum Gasteiger partial charge on any atom is -0.462 e. The maximum atomic E-state index is 13.4. The first kappa shape index (κ1) is 11.9. The molecule has 0 atom stereocenters. The number of nitrogens with zero attached hydrogens (tertiary/aromatic N) is 1. The zero-order valence-corrected chi connectivity index (χ0v) is 8.49. The number of nitriles is 1. The van der Waals surface area contributed by atoms with Crippen LogP contribution in [-0.2, 0) is 4.74 Å². The molecule has 0 radical (unpaired) electrons. The molecule has 0 heterocycles. The number of halogens is 1. The van der Waals surface area contributed by atoms with E-state index in [0.717, 1.165) is 12.1 Å². The molecule has 0 amide bonds. The fourth-order valence-electron chi connectivity index (χ4n) is 1.19. The Balaban J connectivity index is 3.33. The summed E-state index contributed by atoms with van der Waals surface area (Å²) in [5, 5.41) is 8.74. The normalized spacial score (nSPS) is 9.31. The van der Waals surface area contributed by atoms with Gasteiger partial charge in [0.15, 0.2) is 0 Å². The summed E-state index contributed by atoms with van der Waals surface area (Å²) >= 11 is 0. The summed E-state index contributed by atoms with van der Waals surface area (Å²) in [6.07, 6.45) is 0.402. The molecule has 0 bridgehead atoms. The highest BCUT2D eigenvalue weighted by Gasteiger charge is 2.19. The Hall–Kier alpha value is -2.22. The SMILES string of the molecule is CCOC(=O)c1c(F)cc(C=O)cc1C#N. The van der Waals surface area contributed by atoms with Gasteiger partial charge in [0, 0.05) is 5.56 Å². The molecular weight excluding hydrogens is 213 g/mol. The number of carbonyl (C=O) groups excluding carboxylic acids is 2. The van der Waals surface area contributed by atoms with Crippen LogP contribution in [0.3, 0.4) is 0 Å². The third kappa shape index (κ3) is 2.23. The number of hydrogen-bond donors (Lipinski definition) is 0. The first-order chi connectivity index (χ1) is 7.63. The number of aldehydes is 1. The van der Waals surface area contributed by atoms with Crippen molar-refractivity contribution in [2.75, 3.05) is 6.61 Å². The molecule has 1 aromatic carbocycles. The average Bonchev–Trinajstić information content (AvgIpc) is 2.27. The molecule has 0 aliphatic heterocycles. The topological polar surface area (TPSA) is 67.2 Å². The maximum absolute atomic E-state index is 13.4. The second-order valence-electron chi connectivity index (χ2n) is 2.88. The lowest BCUT2D eigenvalue weighted by Gasteiger charge is -2.05. The van der Waals surface area contributed by atoms with Crippen molar-refractivity contribution in [2.24, 2.45) is 0 Å². The average molecular weight is 221 g/mol. The number of benzene rings is 1. The van der Waals surface area contributed by atoms with Gasteiger partial charge in [-0.15, -0.1) is 0 Å². The van der Waals surface area contributed by atoms with Crippen molar-refractivity contribution in [3.8, 4) is 6.07 Å². The highest BCUT2D eigenvalue weighted by Crippen LogP contribution is 2.16. The van der Waals surface area contributed by atoms with Gasteiger partial charge in [-0.2, -0.15) is 5.26 Å². The first-order valence-corrected chi connectivity index (χ1v) is 4.50. The smallest absolute Gasteiger partial charge is 0.342 e. The van der Waals surface area contributed by atoms with Gasteiger partial charge in [0.1, 0.15) is 23.7 Å². The minimum atomic E-state index is -0.931. The van der Waals surface area contributed by atoms with E-state index in [1.807, 2.05) is 0 Å². The third-order valence-electron chi connectivity index (χ3n) is 1.85. The Labute approximate surface area is 91.3 Å². The van der Waals surface area contributed by atoms with E-state index in [9.17, 15) is 14.0 Å². The van der Waals surface area contributed by atoms with Crippen molar-refractivity contribution < 1.29 is 18.7 Å². The number of carbonyl (C=O) groups is 2. The summed E-state index contributed by atoms with van der Waals surface area (Å²) in [6, 6.07) is 3.68. The van der Waals surface area contributed by atoms with Crippen molar-refractivity contribution in [3.63, 3.8) is 0 Å². The molecule has 0 fully saturated rings.